The normalized spacial score (nSPS) is 23.6. The van der Waals surface area contributed by atoms with Gasteiger partial charge in [0.05, 0.1) is 17.9 Å². The molecular formula is C12H15NO3S. The fourth-order valence-corrected chi connectivity index (χ4v) is 3.21. The van der Waals surface area contributed by atoms with Gasteiger partial charge in [-0.3, -0.25) is 0 Å². The van der Waals surface area contributed by atoms with Gasteiger partial charge in [0.25, 0.3) is 0 Å². The predicted molar refractivity (Wildman–Crippen MR) is 63.5 cm³/mol. The second kappa shape index (κ2) is 5.42. The minimum Gasteiger partial charge on any atom is -0.544 e. The van der Waals surface area contributed by atoms with E-state index in [0.29, 0.717) is 12.4 Å². The molecule has 2 N–H and O–H groups in total. The van der Waals surface area contributed by atoms with Crippen LogP contribution >= 0.6 is 11.8 Å². The predicted octanol–water partition coefficient (Wildman–Crippen LogP) is -0.487. The number of thioether (sulfide) groups is 1. The molecule has 0 bridgehead atoms. The first-order chi connectivity index (χ1) is 8.22. The number of para-hydroxylation sites is 1. The molecule has 5 heteroatoms. The first kappa shape index (κ1) is 12.3. The van der Waals surface area contributed by atoms with Crippen LogP contribution in [0.2, 0.25) is 0 Å². The molecule has 1 saturated heterocycles. The lowest BCUT2D eigenvalue weighted by molar-refractivity contribution is -0.690. The summed E-state index contributed by atoms with van der Waals surface area (Å²) in [5.74, 6) is 0.421. The van der Waals surface area contributed by atoms with Crippen LogP contribution in [0.4, 0.5) is 0 Å². The standard InChI is InChI=1S/C12H15NO3S/c1-2-16-10-6-4-3-5-8(10)11-13-9(7-17-11)12(14)15/h3-6,9,11,13H,2,7H2,1H3,(H,14,15)/t9-,11+/m1/s1. The number of benzene rings is 1. The highest BCUT2D eigenvalue weighted by molar-refractivity contribution is 7.99. The monoisotopic (exact) mass is 253 g/mol. The van der Waals surface area contributed by atoms with E-state index in [4.69, 9.17) is 4.74 Å². The van der Waals surface area contributed by atoms with Gasteiger partial charge in [0, 0.05) is 0 Å². The average Bonchev–Trinajstić information content (AvgIpc) is 2.79. The van der Waals surface area contributed by atoms with Gasteiger partial charge in [-0.15, -0.1) is 0 Å². The Hall–Kier alpha value is -1.20. The maximum absolute atomic E-state index is 10.8. The molecule has 1 fully saturated rings. The van der Waals surface area contributed by atoms with Gasteiger partial charge in [-0.25, -0.2) is 0 Å². The fraction of sp³-hybridized carbons (Fsp3) is 0.417. The maximum atomic E-state index is 10.8. The number of carbonyl (C=O) groups is 1. The van der Waals surface area contributed by atoms with Crippen molar-refractivity contribution in [2.45, 2.75) is 18.3 Å². The first-order valence-electron chi connectivity index (χ1n) is 5.61. The Morgan fingerprint density at radius 2 is 2.35 bits per heavy atom. The molecule has 1 heterocycles. The third-order valence-corrected chi connectivity index (χ3v) is 4.01. The average molecular weight is 253 g/mol. The molecule has 92 valence electrons. The molecule has 0 saturated carbocycles. The van der Waals surface area contributed by atoms with Crippen molar-refractivity contribution >= 4 is 17.7 Å². The molecule has 0 radical (unpaired) electrons. The van der Waals surface area contributed by atoms with Crippen LogP contribution in [0.15, 0.2) is 24.3 Å². The third-order valence-electron chi connectivity index (χ3n) is 2.69. The quantitative estimate of drug-likeness (QED) is 0.786. The lowest BCUT2D eigenvalue weighted by atomic mass is 10.2. The van der Waals surface area contributed by atoms with Gasteiger partial charge >= 0.3 is 0 Å². The Balaban J connectivity index is 2.15. The van der Waals surface area contributed by atoms with Crippen molar-refractivity contribution in [2.75, 3.05) is 12.4 Å². The molecule has 0 amide bonds. The molecule has 0 aromatic heterocycles. The first-order valence-corrected chi connectivity index (χ1v) is 6.66. The van der Waals surface area contributed by atoms with Gasteiger partial charge in [-0.2, -0.15) is 0 Å². The lowest BCUT2D eigenvalue weighted by Gasteiger charge is -2.14. The molecule has 4 nitrogen and oxygen atoms in total. The highest BCUT2D eigenvalue weighted by Gasteiger charge is 2.32. The van der Waals surface area contributed by atoms with E-state index in [-0.39, 0.29) is 5.37 Å². The molecule has 1 aliphatic heterocycles. The summed E-state index contributed by atoms with van der Waals surface area (Å²) in [6, 6.07) is 7.30. The van der Waals surface area contributed by atoms with Crippen molar-refractivity contribution in [1.82, 2.24) is 0 Å². The summed E-state index contributed by atoms with van der Waals surface area (Å²) >= 11 is 1.62. The number of rotatable bonds is 4. The van der Waals surface area contributed by atoms with Crippen LogP contribution in [0.5, 0.6) is 5.75 Å². The summed E-state index contributed by atoms with van der Waals surface area (Å²) in [4.78, 5) is 10.8. The number of quaternary nitrogens is 1. The van der Waals surface area contributed by atoms with Gasteiger partial charge < -0.3 is 20.0 Å². The van der Waals surface area contributed by atoms with Gasteiger partial charge in [-0.1, -0.05) is 23.9 Å². The topological polar surface area (TPSA) is 66.0 Å². The van der Waals surface area contributed by atoms with Gasteiger partial charge in [0.15, 0.2) is 5.37 Å². The van der Waals surface area contributed by atoms with Crippen molar-refractivity contribution in [3.63, 3.8) is 0 Å². The zero-order chi connectivity index (χ0) is 12.3. The molecule has 2 rings (SSSR count). The maximum Gasteiger partial charge on any atom is 0.163 e. The summed E-state index contributed by atoms with van der Waals surface area (Å²) in [6.45, 7) is 2.55. The van der Waals surface area contributed by atoms with Crippen LogP contribution in [0, 0.1) is 0 Å². The molecule has 0 aliphatic carbocycles. The highest BCUT2D eigenvalue weighted by Crippen LogP contribution is 2.32. The summed E-state index contributed by atoms with van der Waals surface area (Å²) in [5.41, 5.74) is 1.04. The largest absolute Gasteiger partial charge is 0.544 e. The minimum atomic E-state index is -0.992. The minimum absolute atomic E-state index is 0.0839. The van der Waals surface area contributed by atoms with Crippen molar-refractivity contribution in [3.05, 3.63) is 29.8 Å². The number of carboxylic acids is 1. The number of carbonyl (C=O) groups excluding carboxylic acids is 1. The van der Waals surface area contributed by atoms with Crippen LogP contribution in [0.1, 0.15) is 17.9 Å². The van der Waals surface area contributed by atoms with E-state index < -0.39 is 12.0 Å². The molecule has 0 spiro atoms. The second-order valence-electron chi connectivity index (χ2n) is 3.84. The van der Waals surface area contributed by atoms with Crippen LogP contribution in [-0.4, -0.2) is 24.4 Å². The van der Waals surface area contributed by atoms with E-state index >= 15 is 0 Å². The number of aliphatic carboxylic acids is 1. The number of nitrogens with two attached hydrogens (primary N) is 1. The van der Waals surface area contributed by atoms with E-state index in [1.807, 2.05) is 36.5 Å². The molecule has 2 atom stereocenters. The number of carboxylic acid groups (broad SMARTS) is 1. The van der Waals surface area contributed by atoms with Gasteiger partial charge in [0.1, 0.15) is 17.8 Å². The van der Waals surface area contributed by atoms with E-state index in [2.05, 4.69) is 0 Å². The van der Waals surface area contributed by atoms with Crippen LogP contribution < -0.4 is 15.2 Å². The van der Waals surface area contributed by atoms with Crippen LogP contribution in [0.25, 0.3) is 0 Å². The Kier molecular flexibility index (Phi) is 3.91. The number of ether oxygens (including phenoxy) is 1. The zero-order valence-electron chi connectivity index (χ0n) is 9.59. The summed E-state index contributed by atoms with van der Waals surface area (Å²) in [5, 5.41) is 12.7. The molecule has 17 heavy (non-hydrogen) atoms. The molecular weight excluding hydrogens is 238 g/mol. The number of hydrogen-bond donors (Lipinski definition) is 1. The second-order valence-corrected chi connectivity index (χ2v) is 5.02. The fourth-order valence-electron chi connectivity index (χ4n) is 1.87. The summed E-state index contributed by atoms with van der Waals surface area (Å²) < 4.78 is 5.55. The van der Waals surface area contributed by atoms with E-state index in [0.717, 1.165) is 11.3 Å². The van der Waals surface area contributed by atoms with E-state index in [9.17, 15) is 9.90 Å². The Morgan fingerprint density at radius 3 is 3.00 bits per heavy atom. The molecule has 1 aromatic carbocycles. The number of hydrogen-bond acceptors (Lipinski definition) is 4. The van der Waals surface area contributed by atoms with Crippen molar-refractivity contribution in [2.24, 2.45) is 0 Å². The Morgan fingerprint density at radius 1 is 1.59 bits per heavy atom. The summed E-state index contributed by atoms with van der Waals surface area (Å²) in [7, 11) is 0. The SMILES string of the molecule is CCOc1ccccc1[C@H]1[NH2+][C@@H](C(=O)[O-])CS1. The Labute approximate surface area is 104 Å². The van der Waals surface area contributed by atoms with E-state index in [1.54, 1.807) is 11.8 Å². The third kappa shape index (κ3) is 2.73. The van der Waals surface area contributed by atoms with Crippen molar-refractivity contribution in [1.29, 1.82) is 0 Å². The zero-order valence-corrected chi connectivity index (χ0v) is 10.4. The molecule has 0 unspecified atom stereocenters. The molecule has 1 aliphatic rings. The Bertz CT molecular complexity index is 410. The lowest BCUT2D eigenvalue weighted by Crippen LogP contribution is -2.90. The van der Waals surface area contributed by atoms with Gasteiger partial charge in [-0.05, 0) is 19.1 Å². The van der Waals surface area contributed by atoms with Crippen molar-refractivity contribution in [3.8, 4) is 5.75 Å². The van der Waals surface area contributed by atoms with E-state index in [1.165, 1.54) is 0 Å². The van der Waals surface area contributed by atoms with Gasteiger partial charge in [0.2, 0.25) is 0 Å². The molecule has 1 aromatic rings. The highest BCUT2D eigenvalue weighted by atomic mass is 32.2. The van der Waals surface area contributed by atoms with Crippen LogP contribution in [0.3, 0.4) is 0 Å². The van der Waals surface area contributed by atoms with Crippen molar-refractivity contribution < 1.29 is 20.0 Å². The smallest absolute Gasteiger partial charge is 0.163 e. The van der Waals surface area contributed by atoms with Crippen LogP contribution in [-0.2, 0) is 4.79 Å². The summed E-state index contributed by atoms with van der Waals surface area (Å²) in [6.07, 6.45) is 0.